The van der Waals surface area contributed by atoms with Gasteiger partial charge in [-0.15, -0.1) is 0 Å². The normalized spacial score (nSPS) is 24.9. The van der Waals surface area contributed by atoms with Crippen molar-refractivity contribution in [2.75, 3.05) is 13.2 Å². The standard InChI is InChI=1S/C13H23NO4/c1-2-18-9-12(15)14-11-8-6-4-3-5-7-10(11)13(16)17/h10-11H,2-9H2,1H3,(H,14,15)(H,16,17). The maximum Gasteiger partial charge on any atom is 0.308 e. The number of aliphatic carboxylic acids is 1. The fourth-order valence-corrected chi connectivity index (χ4v) is 2.40. The molecule has 1 aliphatic rings. The lowest BCUT2D eigenvalue weighted by Gasteiger charge is -2.27. The number of carbonyl (C=O) groups is 2. The number of carboxylic acids is 1. The lowest BCUT2D eigenvalue weighted by atomic mass is 9.87. The second-order valence-electron chi connectivity index (χ2n) is 4.75. The molecule has 0 aromatic heterocycles. The molecule has 1 amide bonds. The molecular weight excluding hydrogens is 234 g/mol. The molecule has 1 saturated carbocycles. The lowest BCUT2D eigenvalue weighted by Crippen LogP contribution is -2.45. The van der Waals surface area contributed by atoms with E-state index in [4.69, 9.17) is 4.74 Å². The molecule has 0 heterocycles. The Labute approximate surface area is 108 Å². The first-order valence-corrected chi connectivity index (χ1v) is 6.75. The highest BCUT2D eigenvalue weighted by Gasteiger charge is 2.29. The Bertz CT molecular complexity index is 280. The maximum absolute atomic E-state index is 11.6. The number of nitrogens with one attached hydrogen (secondary N) is 1. The summed E-state index contributed by atoms with van der Waals surface area (Å²) in [4.78, 5) is 22.9. The van der Waals surface area contributed by atoms with Crippen LogP contribution in [0, 0.1) is 5.92 Å². The van der Waals surface area contributed by atoms with Crippen LogP contribution in [0.2, 0.25) is 0 Å². The Morgan fingerprint density at radius 3 is 2.50 bits per heavy atom. The molecule has 2 unspecified atom stereocenters. The molecule has 0 aliphatic heterocycles. The second-order valence-corrected chi connectivity index (χ2v) is 4.75. The third-order valence-electron chi connectivity index (χ3n) is 3.37. The highest BCUT2D eigenvalue weighted by molar-refractivity contribution is 5.79. The summed E-state index contributed by atoms with van der Waals surface area (Å²) in [6.07, 6.45) is 5.50. The van der Waals surface area contributed by atoms with Crippen LogP contribution >= 0.6 is 0 Å². The topological polar surface area (TPSA) is 75.6 Å². The second kappa shape index (κ2) is 8.08. The minimum atomic E-state index is -0.807. The quantitative estimate of drug-likeness (QED) is 0.783. The molecule has 104 valence electrons. The number of ether oxygens (including phenoxy) is 1. The molecule has 1 rings (SSSR count). The summed E-state index contributed by atoms with van der Waals surface area (Å²) in [6, 6.07) is -0.254. The van der Waals surface area contributed by atoms with Crippen LogP contribution in [0.15, 0.2) is 0 Å². The zero-order chi connectivity index (χ0) is 13.4. The van der Waals surface area contributed by atoms with Crippen molar-refractivity contribution >= 4 is 11.9 Å². The molecule has 0 aromatic carbocycles. The Hall–Kier alpha value is -1.10. The number of hydrogen-bond donors (Lipinski definition) is 2. The van der Waals surface area contributed by atoms with E-state index in [-0.39, 0.29) is 18.6 Å². The molecule has 5 heteroatoms. The zero-order valence-electron chi connectivity index (χ0n) is 11.0. The van der Waals surface area contributed by atoms with E-state index < -0.39 is 11.9 Å². The van der Waals surface area contributed by atoms with Gasteiger partial charge in [0.05, 0.1) is 5.92 Å². The minimum Gasteiger partial charge on any atom is -0.481 e. The van der Waals surface area contributed by atoms with E-state index in [1.54, 1.807) is 0 Å². The fourth-order valence-electron chi connectivity index (χ4n) is 2.40. The van der Waals surface area contributed by atoms with Crippen molar-refractivity contribution in [2.45, 2.75) is 51.5 Å². The first kappa shape index (κ1) is 15.0. The first-order valence-electron chi connectivity index (χ1n) is 6.75. The van der Waals surface area contributed by atoms with Crippen LogP contribution in [-0.2, 0) is 14.3 Å². The van der Waals surface area contributed by atoms with Gasteiger partial charge in [-0.1, -0.05) is 25.7 Å². The Balaban J connectivity index is 2.54. The van der Waals surface area contributed by atoms with Crippen LogP contribution in [0.25, 0.3) is 0 Å². The predicted molar refractivity (Wildman–Crippen MR) is 67.3 cm³/mol. The van der Waals surface area contributed by atoms with E-state index in [0.29, 0.717) is 13.0 Å². The van der Waals surface area contributed by atoms with Crippen molar-refractivity contribution in [2.24, 2.45) is 5.92 Å². The van der Waals surface area contributed by atoms with Gasteiger partial charge in [-0.2, -0.15) is 0 Å². The Morgan fingerprint density at radius 1 is 1.22 bits per heavy atom. The molecule has 5 nitrogen and oxygen atoms in total. The molecule has 2 atom stereocenters. The van der Waals surface area contributed by atoms with Crippen LogP contribution in [-0.4, -0.2) is 36.2 Å². The number of hydrogen-bond acceptors (Lipinski definition) is 3. The predicted octanol–water partition coefficient (Wildman–Crippen LogP) is 1.56. The Morgan fingerprint density at radius 2 is 1.89 bits per heavy atom. The molecule has 1 aliphatic carbocycles. The summed E-state index contributed by atoms with van der Waals surface area (Å²) < 4.78 is 5.03. The van der Waals surface area contributed by atoms with Crippen molar-refractivity contribution in [3.8, 4) is 0 Å². The van der Waals surface area contributed by atoms with Gasteiger partial charge in [0.2, 0.25) is 5.91 Å². The fraction of sp³-hybridized carbons (Fsp3) is 0.846. The summed E-state index contributed by atoms with van der Waals surface area (Å²) in [5.41, 5.74) is 0. The van der Waals surface area contributed by atoms with Gasteiger partial charge >= 0.3 is 5.97 Å². The highest BCUT2D eigenvalue weighted by Crippen LogP contribution is 2.23. The van der Waals surface area contributed by atoms with E-state index in [1.165, 1.54) is 0 Å². The van der Waals surface area contributed by atoms with Gasteiger partial charge in [-0.3, -0.25) is 9.59 Å². The SMILES string of the molecule is CCOCC(=O)NC1CCCCCCC1C(=O)O. The number of carbonyl (C=O) groups excluding carboxylic acids is 1. The molecule has 1 fully saturated rings. The number of carboxylic acid groups (broad SMARTS) is 1. The molecule has 0 bridgehead atoms. The van der Waals surface area contributed by atoms with Crippen molar-refractivity contribution in [3.05, 3.63) is 0 Å². The maximum atomic E-state index is 11.6. The summed E-state index contributed by atoms with van der Waals surface area (Å²) in [5, 5.41) is 12.0. The molecule has 0 aromatic rings. The third kappa shape index (κ3) is 5.04. The third-order valence-corrected chi connectivity index (χ3v) is 3.37. The van der Waals surface area contributed by atoms with E-state index >= 15 is 0 Å². The average Bonchev–Trinajstić information content (AvgIpc) is 2.29. The lowest BCUT2D eigenvalue weighted by molar-refractivity contribution is -0.143. The van der Waals surface area contributed by atoms with Crippen LogP contribution in [0.3, 0.4) is 0 Å². The smallest absolute Gasteiger partial charge is 0.308 e. The van der Waals surface area contributed by atoms with Gasteiger partial charge in [0.25, 0.3) is 0 Å². The summed E-state index contributed by atoms with van der Waals surface area (Å²) in [5.74, 6) is -1.48. The van der Waals surface area contributed by atoms with Crippen LogP contribution in [0.5, 0.6) is 0 Å². The molecule has 0 spiro atoms. The van der Waals surface area contributed by atoms with Crippen molar-refractivity contribution in [1.82, 2.24) is 5.32 Å². The van der Waals surface area contributed by atoms with E-state index in [9.17, 15) is 14.7 Å². The molecule has 0 radical (unpaired) electrons. The highest BCUT2D eigenvalue weighted by atomic mass is 16.5. The molecule has 18 heavy (non-hydrogen) atoms. The summed E-state index contributed by atoms with van der Waals surface area (Å²) >= 11 is 0. The van der Waals surface area contributed by atoms with E-state index in [0.717, 1.165) is 32.1 Å². The number of amides is 1. The Kier molecular flexibility index (Phi) is 6.72. The van der Waals surface area contributed by atoms with Crippen molar-refractivity contribution in [1.29, 1.82) is 0 Å². The number of rotatable bonds is 5. The minimum absolute atomic E-state index is 0.0132. The van der Waals surface area contributed by atoms with Gasteiger partial charge in [0.15, 0.2) is 0 Å². The molecule has 0 saturated heterocycles. The monoisotopic (exact) mass is 257 g/mol. The first-order chi connectivity index (χ1) is 8.65. The van der Waals surface area contributed by atoms with Gasteiger partial charge in [0, 0.05) is 12.6 Å². The van der Waals surface area contributed by atoms with Crippen molar-refractivity contribution < 1.29 is 19.4 Å². The van der Waals surface area contributed by atoms with Crippen LogP contribution in [0.1, 0.15) is 45.4 Å². The molecule has 2 N–H and O–H groups in total. The van der Waals surface area contributed by atoms with Gasteiger partial charge in [0.1, 0.15) is 6.61 Å². The summed E-state index contributed by atoms with van der Waals surface area (Å²) in [6.45, 7) is 2.32. The van der Waals surface area contributed by atoms with E-state index in [1.807, 2.05) is 6.92 Å². The van der Waals surface area contributed by atoms with Gasteiger partial charge < -0.3 is 15.2 Å². The summed E-state index contributed by atoms with van der Waals surface area (Å²) in [7, 11) is 0. The van der Waals surface area contributed by atoms with Crippen molar-refractivity contribution in [3.63, 3.8) is 0 Å². The van der Waals surface area contributed by atoms with Crippen LogP contribution in [0.4, 0.5) is 0 Å². The van der Waals surface area contributed by atoms with Gasteiger partial charge in [-0.05, 0) is 19.8 Å². The largest absolute Gasteiger partial charge is 0.481 e. The van der Waals surface area contributed by atoms with Crippen LogP contribution < -0.4 is 5.32 Å². The van der Waals surface area contributed by atoms with E-state index in [2.05, 4.69) is 5.32 Å². The molecular formula is C13H23NO4. The van der Waals surface area contributed by atoms with Gasteiger partial charge in [-0.25, -0.2) is 0 Å². The zero-order valence-corrected chi connectivity index (χ0v) is 11.0. The average molecular weight is 257 g/mol.